The van der Waals surface area contributed by atoms with Crippen molar-refractivity contribution in [1.29, 1.82) is 0 Å². The first kappa shape index (κ1) is 35.0. The number of benzene rings is 2. The van der Waals surface area contributed by atoms with Crippen molar-refractivity contribution in [3.05, 3.63) is 89.7 Å². The Labute approximate surface area is 311 Å². The van der Waals surface area contributed by atoms with Crippen molar-refractivity contribution in [2.24, 2.45) is 0 Å². The van der Waals surface area contributed by atoms with Gasteiger partial charge in [0.05, 0.1) is 28.3 Å². The quantitative estimate of drug-likeness (QED) is 0.171. The number of carbonyl (C=O) groups excluding carboxylic acids is 3. The molecule has 2 aromatic carbocycles. The van der Waals surface area contributed by atoms with Gasteiger partial charge in [0.25, 0.3) is 6.47 Å². The van der Waals surface area contributed by atoms with Crippen LogP contribution in [0.25, 0.3) is 44.6 Å². The fourth-order valence-corrected chi connectivity index (χ4v) is 10.0. The predicted molar refractivity (Wildman–Crippen MR) is 208 cm³/mol. The molecule has 2 aliphatic heterocycles. The van der Waals surface area contributed by atoms with Gasteiger partial charge in [-0.1, -0.05) is 50.7 Å². The van der Waals surface area contributed by atoms with Crippen LogP contribution in [0.2, 0.25) is 0 Å². The van der Waals surface area contributed by atoms with Crippen LogP contribution in [0, 0.1) is 6.92 Å². The summed E-state index contributed by atoms with van der Waals surface area (Å²) < 4.78 is 15.1. The summed E-state index contributed by atoms with van der Waals surface area (Å²) >= 11 is 0. The molecule has 6 heterocycles. The summed E-state index contributed by atoms with van der Waals surface area (Å²) in [6.45, 7) is 7.08. The van der Waals surface area contributed by atoms with Gasteiger partial charge in [0.1, 0.15) is 5.75 Å². The largest absolute Gasteiger partial charge is 0.429 e. The molecule has 0 bridgehead atoms. The van der Waals surface area contributed by atoms with E-state index in [4.69, 9.17) is 14.3 Å². The monoisotopic (exact) mass is 710 g/mol. The minimum Gasteiger partial charge on any atom is -0.429 e. The molecule has 0 unspecified atom stereocenters. The Bertz CT molecular complexity index is 2260. The molecule has 0 spiro atoms. The number of hydrogen-bond donors (Lipinski definition) is 0. The third-order valence-electron chi connectivity index (χ3n) is 12.3. The SMILES string of the molecule is Cc1ccc2c(C3CCCCC3)c3n(c2c1)CCCn1cccc1-3.O=C=O.O=COc1ccc2c(C3CCCCC3)c3n(c2c1)CCCn1cccc1-3. The van der Waals surface area contributed by atoms with E-state index >= 15 is 0 Å². The Morgan fingerprint density at radius 1 is 0.623 bits per heavy atom. The molecule has 0 radical (unpaired) electrons. The number of aryl methyl sites for hydroxylation is 5. The third kappa shape index (κ3) is 6.59. The van der Waals surface area contributed by atoms with Crippen molar-refractivity contribution in [1.82, 2.24) is 18.3 Å². The zero-order chi connectivity index (χ0) is 36.3. The zero-order valence-electron chi connectivity index (χ0n) is 30.9. The molecule has 4 aromatic heterocycles. The molecule has 0 saturated heterocycles. The lowest BCUT2D eigenvalue weighted by Crippen LogP contribution is -2.07. The molecule has 2 aliphatic carbocycles. The standard InChI is InChI=1S/C22H24N2O2.C22H26N2.CO2/c25-15-26-17-9-10-18-20(14-17)24-13-5-12-23-11-4-8-19(23)22(24)21(18)16-6-2-1-3-7-16;1-16-10-11-18-20(15-16)24-14-6-13-23-12-5-9-19(23)22(24)21(18)17-7-3-2-4-8-17;2-1-3/h4,8-11,14-16H,1-3,5-7,12-13H2;5,9-12,15,17H,2-4,6-8,13-14H2,1H3;. The fraction of sp³-hybridized carbons (Fsp3) is 0.422. The highest BCUT2D eigenvalue weighted by Crippen LogP contribution is 2.47. The van der Waals surface area contributed by atoms with Gasteiger partial charge < -0.3 is 23.0 Å². The minimum atomic E-state index is 0.250. The van der Waals surface area contributed by atoms with Crippen LogP contribution >= 0.6 is 0 Å². The molecule has 4 aliphatic rings. The lowest BCUT2D eigenvalue weighted by Gasteiger charge is -2.23. The number of fused-ring (bicyclic) bond motifs is 10. The van der Waals surface area contributed by atoms with E-state index in [0.717, 1.165) is 38.5 Å². The summed E-state index contributed by atoms with van der Waals surface area (Å²) in [5.74, 6) is 1.99. The number of hydrogen-bond acceptors (Lipinski definition) is 4. The van der Waals surface area contributed by atoms with Crippen molar-refractivity contribution in [2.45, 2.75) is 122 Å². The first-order valence-corrected chi connectivity index (χ1v) is 19.8. The zero-order valence-corrected chi connectivity index (χ0v) is 30.9. The van der Waals surface area contributed by atoms with Gasteiger partial charge in [0, 0.05) is 60.9 Å². The minimum absolute atomic E-state index is 0.250. The number of nitrogens with zero attached hydrogens (tertiary/aromatic N) is 4. The Kier molecular flexibility index (Phi) is 10.2. The van der Waals surface area contributed by atoms with Gasteiger partial charge in [-0.05, 0) is 116 Å². The summed E-state index contributed by atoms with van der Waals surface area (Å²) in [6, 6.07) is 22.2. The molecule has 0 N–H and O–H groups in total. The highest BCUT2D eigenvalue weighted by Gasteiger charge is 2.30. The molecule has 53 heavy (non-hydrogen) atoms. The van der Waals surface area contributed by atoms with Crippen molar-refractivity contribution in [3.63, 3.8) is 0 Å². The van der Waals surface area contributed by atoms with Gasteiger partial charge in [0.15, 0.2) is 0 Å². The van der Waals surface area contributed by atoms with E-state index < -0.39 is 0 Å². The summed E-state index contributed by atoms with van der Waals surface area (Å²) in [7, 11) is 0. The van der Waals surface area contributed by atoms with Crippen LogP contribution in [-0.2, 0) is 40.6 Å². The fourth-order valence-electron chi connectivity index (χ4n) is 10.0. The molecule has 8 nitrogen and oxygen atoms in total. The number of rotatable bonds is 4. The van der Waals surface area contributed by atoms with Gasteiger partial charge in [0.2, 0.25) is 0 Å². The molecule has 0 atom stereocenters. The van der Waals surface area contributed by atoms with E-state index in [-0.39, 0.29) is 6.15 Å². The van der Waals surface area contributed by atoms with Crippen LogP contribution in [0.5, 0.6) is 5.75 Å². The predicted octanol–water partition coefficient (Wildman–Crippen LogP) is 10.4. The van der Waals surface area contributed by atoms with Crippen LogP contribution in [0.1, 0.15) is 106 Å². The van der Waals surface area contributed by atoms with Gasteiger partial charge in [-0.2, -0.15) is 9.59 Å². The average molecular weight is 711 g/mol. The Morgan fingerprint density at radius 3 is 1.62 bits per heavy atom. The second-order valence-electron chi connectivity index (χ2n) is 15.4. The Morgan fingerprint density at radius 2 is 1.11 bits per heavy atom. The summed E-state index contributed by atoms with van der Waals surface area (Å²) in [4.78, 5) is 27.1. The smallest absolute Gasteiger partial charge is 0.373 e. The highest BCUT2D eigenvalue weighted by molar-refractivity contribution is 5.94. The van der Waals surface area contributed by atoms with Gasteiger partial charge in [-0.3, -0.25) is 4.79 Å². The molecule has 6 aromatic rings. The maximum atomic E-state index is 10.8. The maximum Gasteiger partial charge on any atom is 0.373 e. The molecule has 2 saturated carbocycles. The van der Waals surface area contributed by atoms with E-state index in [2.05, 4.69) is 86.1 Å². The first-order chi connectivity index (χ1) is 26.1. The van der Waals surface area contributed by atoms with Crippen molar-refractivity contribution in [2.75, 3.05) is 0 Å². The lowest BCUT2D eigenvalue weighted by atomic mass is 9.82. The van der Waals surface area contributed by atoms with Crippen LogP contribution in [0.15, 0.2) is 73.1 Å². The Hall–Kier alpha value is -5.07. The third-order valence-corrected chi connectivity index (χ3v) is 12.3. The van der Waals surface area contributed by atoms with Crippen molar-refractivity contribution < 1.29 is 19.1 Å². The van der Waals surface area contributed by atoms with E-state index in [1.54, 1.807) is 5.56 Å². The molecule has 0 amide bonds. The van der Waals surface area contributed by atoms with E-state index in [0.29, 0.717) is 18.1 Å². The molecule has 8 heteroatoms. The number of ether oxygens (including phenoxy) is 1. The van der Waals surface area contributed by atoms with Crippen molar-refractivity contribution in [3.8, 4) is 28.5 Å². The molecule has 2 fully saturated rings. The normalized spacial score (nSPS) is 17.1. The van der Waals surface area contributed by atoms with Crippen LogP contribution < -0.4 is 4.74 Å². The van der Waals surface area contributed by atoms with Crippen LogP contribution in [-0.4, -0.2) is 30.9 Å². The van der Waals surface area contributed by atoms with Gasteiger partial charge in [-0.25, -0.2) is 0 Å². The Balaban J connectivity index is 0.000000141. The van der Waals surface area contributed by atoms with Crippen molar-refractivity contribution >= 4 is 34.4 Å². The second kappa shape index (κ2) is 15.5. The summed E-state index contributed by atoms with van der Waals surface area (Å²) in [5.41, 5.74) is 12.9. The maximum absolute atomic E-state index is 10.8. The first-order valence-electron chi connectivity index (χ1n) is 19.8. The summed E-state index contributed by atoms with van der Waals surface area (Å²) in [5, 5.41) is 2.84. The average Bonchev–Trinajstić information content (AvgIpc) is 3.93. The topological polar surface area (TPSA) is 80.2 Å². The lowest BCUT2D eigenvalue weighted by molar-refractivity contribution is -0.191. The van der Waals surface area contributed by atoms with Crippen LogP contribution in [0.3, 0.4) is 0 Å². The van der Waals surface area contributed by atoms with Gasteiger partial charge >= 0.3 is 6.15 Å². The van der Waals surface area contributed by atoms with E-state index in [1.807, 2.05) is 12.1 Å². The number of aromatic nitrogens is 4. The van der Waals surface area contributed by atoms with Crippen LogP contribution in [0.4, 0.5) is 0 Å². The van der Waals surface area contributed by atoms with E-state index in [1.165, 1.54) is 126 Å². The second-order valence-corrected chi connectivity index (χ2v) is 15.4. The highest BCUT2D eigenvalue weighted by atomic mass is 16.5. The molecule has 10 rings (SSSR count). The van der Waals surface area contributed by atoms with Gasteiger partial charge in [-0.15, -0.1) is 0 Å². The molecule has 274 valence electrons. The molecular formula is C45H50N4O4. The molecular weight excluding hydrogens is 661 g/mol. The summed E-state index contributed by atoms with van der Waals surface area (Å²) in [6.07, 6.45) is 20.5. The van der Waals surface area contributed by atoms with E-state index in [9.17, 15) is 4.79 Å². The number of carbonyl (C=O) groups is 1.